The number of hydrogen-bond donors (Lipinski definition) is 4. The molecule has 0 saturated heterocycles. The Balaban J connectivity index is 3.18. The fourth-order valence-corrected chi connectivity index (χ4v) is 1.19. The molecule has 0 bridgehead atoms. The zero-order valence-electron chi connectivity index (χ0n) is 7.36. The molecule has 1 rings (SSSR count). The van der Waals surface area contributed by atoms with Gasteiger partial charge in [-0.1, -0.05) is 6.07 Å². The Bertz CT molecular complexity index is 312. The lowest BCUT2D eigenvalue weighted by molar-refractivity contribution is 0.185. The Morgan fingerprint density at radius 2 is 2.00 bits per heavy atom. The molecule has 1 aromatic carbocycles. The number of phenolic OH excluding ortho intramolecular Hbond substituents is 2. The molecule has 72 valence electrons. The van der Waals surface area contributed by atoms with Crippen molar-refractivity contribution in [2.45, 2.75) is 13.0 Å². The third-order valence-electron chi connectivity index (χ3n) is 2.03. The summed E-state index contributed by atoms with van der Waals surface area (Å²) in [5.74, 6) is -0.393. The molecular weight excluding hydrogens is 170 g/mol. The third kappa shape index (κ3) is 1.74. The lowest BCUT2D eigenvalue weighted by Gasteiger charge is -2.12. The summed E-state index contributed by atoms with van der Waals surface area (Å²) in [5.41, 5.74) is 6.26. The minimum Gasteiger partial charge on any atom is -0.504 e. The maximum absolute atomic E-state index is 9.41. The van der Waals surface area contributed by atoms with Crippen molar-refractivity contribution in [3.05, 3.63) is 23.3 Å². The zero-order chi connectivity index (χ0) is 10.0. The van der Waals surface area contributed by atoms with Gasteiger partial charge >= 0.3 is 0 Å². The highest BCUT2D eigenvalue weighted by Gasteiger charge is 2.13. The summed E-state index contributed by atoms with van der Waals surface area (Å²) in [7, 11) is 0. The highest BCUT2D eigenvalue weighted by molar-refractivity contribution is 5.48. The molecule has 0 spiro atoms. The van der Waals surface area contributed by atoms with Gasteiger partial charge in [0, 0.05) is 12.1 Å². The molecule has 0 aliphatic rings. The molecule has 0 aliphatic carbocycles. The highest BCUT2D eigenvalue weighted by atomic mass is 16.3. The van der Waals surface area contributed by atoms with Gasteiger partial charge in [-0.2, -0.15) is 0 Å². The fourth-order valence-electron chi connectivity index (χ4n) is 1.19. The molecule has 0 amide bonds. The van der Waals surface area contributed by atoms with Crippen LogP contribution < -0.4 is 5.73 Å². The second-order valence-electron chi connectivity index (χ2n) is 2.90. The van der Waals surface area contributed by atoms with Gasteiger partial charge < -0.3 is 21.1 Å². The number of phenols is 2. The van der Waals surface area contributed by atoms with Gasteiger partial charge in [-0.3, -0.25) is 0 Å². The van der Waals surface area contributed by atoms with Crippen LogP contribution in [0.3, 0.4) is 0 Å². The van der Waals surface area contributed by atoms with Crippen LogP contribution >= 0.6 is 0 Å². The Morgan fingerprint density at radius 1 is 1.38 bits per heavy atom. The molecule has 0 radical (unpaired) electrons. The Labute approximate surface area is 76.2 Å². The zero-order valence-corrected chi connectivity index (χ0v) is 7.36. The summed E-state index contributed by atoms with van der Waals surface area (Å²) < 4.78 is 0. The van der Waals surface area contributed by atoms with Crippen molar-refractivity contribution in [2.24, 2.45) is 5.73 Å². The summed E-state index contributed by atoms with van der Waals surface area (Å²) in [6.07, 6.45) is -0.800. The van der Waals surface area contributed by atoms with Crippen LogP contribution in [0.5, 0.6) is 11.5 Å². The first-order valence-corrected chi connectivity index (χ1v) is 3.97. The predicted molar refractivity (Wildman–Crippen MR) is 48.5 cm³/mol. The van der Waals surface area contributed by atoms with Crippen LogP contribution in [0.4, 0.5) is 0 Å². The number of aliphatic hydroxyl groups excluding tert-OH is 1. The monoisotopic (exact) mass is 183 g/mol. The summed E-state index contributed by atoms with van der Waals surface area (Å²) in [4.78, 5) is 0. The number of aromatic hydroxyl groups is 2. The van der Waals surface area contributed by atoms with Crippen molar-refractivity contribution in [3.63, 3.8) is 0 Å². The van der Waals surface area contributed by atoms with E-state index in [4.69, 9.17) is 10.8 Å². The molecule has 5 N–H and O–H groups in total. The summed E-state index contributed by atoms with van der Waals surface area (Å²) >= 11 is 0. The maximum atomic E-state index is 9.41. The number of rotatable bonds is 2. The van der Waals surface area contributed by atoms with Crippen LogP contribution in [0, 0.1) is 6.92 Å². The van der Waals surface area contributed by atoms with Crippen LogP contribution in [0.1, 0.15) is 17.2 Å². The van der Waals surface area contributed by atoms with Gasteiger partial charge in [0.25, 0.3) is 0 Å². The largest absolute Gasteiger partial charge is 0.504 e. The second kappa shape index (κ2) is 3.64. The van der Waals surface area contributed by atoms with E-state index in [1.165, 1.54) is 6.07 Å². The average Bonchev–Trinajstić information content (AvgIpc) is 2.13. The van der Waals surface area contributed by atoms with Gasteiger partial charge in [-0.05, 0) is 18.6 Å². The van der Waals surface area contributed by atoms with E-state index in [9.17, 15) is 10.2 Å². The van der Waals surface area contributed by atoms with Crippen LogP contribution in [0.25, 0.3) is 0 Å². The molecule has 0 aromatic heterocycles. The molecule has 0 saturated carbocycles. The van der Waals surface area contributed by atoms with Crippen molar-refractivity contribution in [2.75, 3.05) is 6.54 Å². The van der Waals surface area contributed by atoms with Crippen molar-refractivity contribution in [3.8, 4) is 11.5 Å². The van der Waals surface area contributed by atoms with Crippen molar-refractivity contribution in [1.82, 2.24) is 0 Å². The lowest BCUT2D eigenvalue weighted by Crippen LogP contribution is -2.12. The van der Waals surface area contributed by atoms with E-state index in [1.807, 2.05) is 0 Å². The van der Waals surface area contributed by atoms with E-state index in [0.29, 0.717) is 11.1 Å². The SMILES string of the molecule is Cc1c([C@H](O)CN)ccc(O)c1O. The highest BCUT2D eigenvalue weighted by Crippen LogP contribution is 2.32. The first-order chi connectivity index (χ1) is 6.07. The standard InChI is InChI=1S/C9H13NO3/c1-5-6(8(12)4-10)2-3-7(11)9(5)13/h2-3,8,11-13H,4,10H2,1H3/t8-/m1/s1. The molecule has 13 heavy (non-hydrogen) atoms. The second-order valence-corrected chi connectivity index (χ2v) is 2.90. The molecule has 0 aliphatic heterocycles. The van der Waals surface area contributed by atoms with E-state index in [1.54, 1.807) is 13.0 Å². The predicted octanol–water partition coefficient (Wildman–Crippen LogP) is 0.398. The van der Waals surface area contributed by atoms with Crippen LogP contribution in [0.2, 0.25) is 0 Å². The van der Waals surface area contributed by atoms with Gasteiger partial charge in [0.05, 0.1) is 6.10 Å². The van der Waals surface area contributed by atoms with Gasteiger partial charge in [-0.25, -0.2) is 0 Å². The topological polar surface area (TPSA) is 86.7 Å². The quantitative estimate of drug-likeness (QED) is 0.500. The molecule has 1 aromatic rings. The van der Waals surface area contributed by atoms with Crippen LogP contribution in [-0.2, 0) is 0 Å². The van der Waals surface area contributed by atoms with Crippen LogP contribution in [-0.4, -0.2) is 21.9 Å². The number of nitrogens with two attached hydrogens (primary N) is 1. The average molecular weight is 183 g/mol. The number of benzene rings is 1. The Kier molecular flexibility index (Phi) is 2.75. The third-order valence-corrected chi connectivity index (χ3v) is 2.03. The molecule has 0 unspecified atom stereocenters. The van der Waals surface area contributed by atoms with Gasteiger partial charge in [-0.15, -0.1) is 0 Å². The molecule has 4 heteroatoms. The minimum atomic E-state index is -0.800. The molecule has 4 nitrogen and oxygen atoms in total. The Hall–Kier alpha value is -1.26. The normalized spacial score (nSPS) is 12.8. The molecule has 0 heterocycles. The molecule has 1 atom stereocenters. The van der Waals surface area contributed by atoms with E-state index >= 15 is 0 Å². The molecule has 0 fully saturated rings. The summed E-state index contributed by atoms with van der Waals surface area (Å²) in [5, 5.41) is 27.9. The lowest BCUT2D eigenvalue weighted by atomic mass is 10.0. The maximum Gasteiger partial charge on any atom is 0.160 e. The van der Waals surface area contributed by atoms with E-state index in [-0.39, 0.29) is 18.0 Å². The summed E-state index contributed by atoms with van der Waals surface area (Å²) in [6, 6.07) is 2.87. The van der Waals surface area contributed by atoms with Crippen molar-refractivity contribution in [1.29, 1.82) is 0 Å². The van der Waals surface area contributed by atoms with E-state index in [2.05, 4.69) is 0 Å². The van der Waals surface area contributed by atoms with E-state index in [0.717, 1.165) is 0 Å². The van der Waals surface area contributed by atoms with Gasteiger partial charge in [0.15, 0.2) is 11.5 Å². The Morgan fingerprint density at radius 3 is 2.54 bits per heavy atom. The van der Waals surface area contributed by atoms with Gasteiger partial charge in [0.2, 0.25) is 0 Å². The summed E-state index contributed by atoms with van der Waals surface area (Å²) in [6.45, 7) is 1.70. The number of aliphatic hydroxyl groups is 1. The van der Waals surface area contributed by atoms with Crippen molar-refractivity contribution < 1.29 is 15.3 Å². The minimum absolute atomic E-state index is 0.0883. The first-order valence-electron chi connectivity index (χ1n) is 3.97. The first kappa shape index (κ1) is 9.83. The smallest absolute Gasteiger partial charge is 0.160 e. The fraction of sp³-hybridized carbons (Fsp3) is 0.333. The van der Waals surface area contributed by atoms with Gasteiger partial charge in [0.1, 0.15) is 0 Å². The van der Waals surface area contributed by atoms with Crippen molar-refractivity contribution >= 4 is 0 Å². The van der Waals surface area contributed by atoms with E-state index < -0.39 is 6.10 Å². The molecular formula is C9H13NO3. The van der Waals surface area contributed by atoms with Crippen LogP contribution in [0.15, 0.2) is 12.1 Å². The number of hydrogen-bond acceptors (Lipinski definition) is 4.